The molecule has 0 aromatic carbocycles. The van der Waals surface area contributed by atoms with Crippen LogP contribution in [0.5, 0.6) is 0 Å². The summed E-state index contributed by atoms with van der Waals surface area (Å²) in [6.07, 6.45) is -6.42. The minimum absolute atomic E-state index is 0.368. The van der Waals surface area contributed by atoms with Crippen LogP contribution in [-0.2, 0) is 22.6 Å². The predicted molar refractivity (Wildman–Crippen MR) is 90.0 cm³/mol. The summed E-state index contributed by atoms with van der Waals surface area (Å²) in [5, 5.41) is 0. The van der Waals surface area contributed by atoms with Crippen molar-refractivity contribution in [3.05, 3.63) is 40.6 Å². The fourth-order valence-corrected chi connectivity index (χ4v) is 3.28. The van der Waals surface area contributed by atoms with Crippen LogP contribution in [0.25, 0.3) is 11.4 Å². The van der Waals surface area contributed by atoms with E-state index in [1.54, 1.807) is 0 Å². The van der Waals surface area contributed by atoms with Crippen molar-refractivity contribution in [2.75, 3.05) is 5.75 Å². The first-order chi connectivity index (χ1) is 13.2. The molecule has 160 valence electrons. The van der Waals surface area contributed by atoms with Crippen LogP contribution < -0.4 is 5.56 Å². The molecule has 0 aliphatic carbocycles. The maximum absolute atomic E-state index is 13.5. The Hall–Kier alpha value is -2.44. The van der Waals surface area contributed by atoms with E-state index in [0.717, 1.165) is 0 Å². The number of aromatic nitrogens is 3. The summed E-state index contributed by atoms with van der Waals surface area (Å²) >= 11 is 0. The summed E-state index contributed by atoms with van der Waals surface area (Å²) in [5.41, 5.74) is -3.37. The van der Waals surface area contributed by atoms with Gasteiger partial charge in [0.15, 0.2) is 16.0 Å². The van der Waals surface area contributed by atoms with Gasteiger partial charge >= 0.3 is 6.18 Å². The predicted octanol–water partition coefficient (Wildman–Crippen LogP) is 3.11. The molecule has 0 N–H and O–H groups in total. The lowest BCUT2D eigenvalue weighted by Crippen LogP contribution is -2.37. The van der Waals surface area contributed by atoms with Crippen molar-refractivity contribution < 1.29 is 34.8 Å². The van der Waals surface area contributed by atoms with Gasteiger partial charge in [0, 0.05) is 12.3 Å². The number of alkyl halides is 6. The first-order valence-corrected chi connectivity index (χ1v) is 9.73. The zero-order valence-electron chi connectivity index (χ0n) is 15.0. The molecule has 0 amide bonds. The molecule has 13 heteroatoms. The summed E-state index contributed by atoms with van der Waals surface area (Å²) in [7, 11) is -4.20. The SMILES string of the molecule is CCS(=O)(=O)c1cc(C(F)(F)F)cnc1-c1cc(=O)n(CC(F)(F)C(C)F)cn1. The van der Waals surface area contributed by atoms with Gasteiger partial charge in [-0.2, -0.15) is 13.2 Å². The lowest BCUT2D eigenvalue weighted by atomic mass is 10.2. The summed E-state index contributed by atoms with van der Waals surface area (Å²) in [4.78, 5) is 18.4. The second kappa shape index (κ2) is 7.76. The Kier molecular flexibility index (Phi) is 6.12. The van der Waals surface area contributed by atoms with Gasteiger partial charge in [0.25, 0.3) is 11.5 Å². The van der Waals surface area contributed by atoms with E-state index in [2.05, 4.69) is 9.97 Å². The fraction of sp³-hybridized carbons (Fsp3) is 0.438. The Morgan fingerprint density at radius 3 is 2.24 bits per heavy atom. The van der Waals surface area contributed by atoms with Crippen LogP contribution in [0, 0.1) is 0 Å². The Balaban J connectivity index is 2.60. The van der Waals surface area contributed by atoms with E-state index in [4.69, 9.17) is 0 Å². The largest absolute Gasteiger partial charge is 0.417 e. The molecule has 0 radical (unpaired) electrons. The van der Waals surface area contributed by atoms with Crippen LogP contribution in [0.3, 0.4) is 0 Å². The lowest BCUT2D eigenvalue weighted by Gasteiger charge is -2.18. The van der Waals surface area contributed by atoms with Crippen LogP contribution in [0.15, 0.2) is 34.3 Å². The molecule has 0 saturated heterocycles. The second-order valence-corrected chi connectivity index (χ2v) is 8.34. The Labute approximate surface area is 161 Å². The molecule has 0 aliphatic rings. The molecule has 0 bridgehead atoms. The molecule has 1 unspecified atom stereocenters. The van der Waals surface area contributed by atoms with E-state index in [-0.39, 0.29) is 0 Å². The molecular formula is C16H15F6N3O3S. The molecule has 2 heterocycles. The third-order valence-corrected chi connectivity index (χ3v) is 5.72. The number of rotatable bonds is 6. The molecule has 1 atom stereocenters. The van der Waals surface area contributed by atoms with Gasteiger partial charge in [0.1, 0.15) is 5.69 Å². The first kappa shape index (κ1) is 22.8. The molecule has 0 spiro atoms. The Morgan fingerprint density at radius 2 is 1.76 bits per heavy atom. The molecule has 2 aromatic heterocycles. The number of halogens is 6. The van der Waals surface area contributed by atoms with Gasteiger partial charge in [0.05, 0.1) is 34.8 Å². The molecule has 0 fully saturated rings. The van der Waals surface area contributed by atoms with E-state index in [9.17, 15) is 39.6 Å². The van der Waals surface area contributed by atoms with Crippen LogP contribution in [0.1, 0.15) is 19.4 Å². The third kappa shape index (κ3) is 4.95. The Morgan fingerprint density at radius 1 is 1.14 bits per heavy atom. The van der Waals surface area contributed by atoms with E-state index >= 15 is 0 Å². The Bertz CT molecular complexity index is 1060. The summed E-state index contributed by atoms with van der Waals surface area (Å²) in [6, 6.07) is 1.01. The molecule has 2 rings (SSSR count). The number of pyridine rings is 1. The highest BCUT2D eigenvalue weighted by Gasteiger charge is 2.38. The normalized spacial score (nSPS) is 14.1. The quantitative estimate of drug-likeness (QED) is 0.641. The zero-order valence-corrected chi connectivity index (χ0v) is 15.9. The average Bonchev–Trinajstić information content (AvgIpc) is 2.62. The van der Waals surface area contributed by atoms with Gasteiger partial charge in [0.2, 0.25) is 0 Å². The van der Waals surface area contributed by atoms with Crippen molar-refractivity contribution in [1.82, 2.24) is 14.5 Å². The van der Waals surface area contributed by atoms with Crippen molar-refractivity contribution in [2.24, 2.45) is 0 Å². The smallest absolute Gasteiger partial charge is 0.293 e. The number of sulfone groups is 1. The summed E-state index contributed by atoms with van der Waals surface area (Å²) in [5.74, 6) is -4.42. The number of nitrogens with zero attached hydrogens (tertiary/aromatic N) is 3. The summed E-state index contributed by atoms with van der Waals surface area (Å²) < 4.78 is 104. The number of hydrogen-bond donors (Lipinski definition) is 0. The van der Waals surface area contributed by atoms with Gasteiger partial charge in [-0.15, -0.1) is 0 Å². The second-order valence-electron chi connectivity index (χ2n) is 6.09. The molecule has 0 aliphatic heterocycles. The van der Waals surface area contributed by atoms with E-state index < -0.39 is 67.8 Å². The molecule has 0 saturated carbocycles. The van der Waals surface area contributed by atoms with E-state index in [1.165, 1.54) is 6.92 Å². The highest BCUT2D eigenvalue weighted by atomic mass is 32.2. The lowest BCUT2D eigenvalue weighted by molar-refractivity contribution is -0.138. The van der Waals surface area contributed by atoms with Crippen LogP contribution >= 0.6 is 0 Å². The van der Waals surface area contributed by atoms with Gasteiger partial charge in [-0.25, -0.2) is 26.6 Å². The van der Waals surface area contributed by atoms with Crippen molar-refractivity contribution >= 4 is 9.84 Å². The maximum atomic E-state index is 13.5. The molecule has 29 heavy (non-hydrogen) atoms. The average molecular weight is 443 g/mol. The molecular weight excluding hydrogens is 428 g/mol. The van der Waals surface area contributed by atoms with E-state index in [0.29, 0.717) is 36.1 Å². The van der Waals surface area contributed by atoms with Gasteiger partial charge in [-0.3, -0.25) is 14.3 Å². The van der Waals surface area contributed by atoms with E-state index in [1.807, 2.05) is 0 Å². The third-order valence-electron chi connectivity index (χ3n) is 3.98. The first-order valence-electron chi connectivity index (χ1n) is 8.08. The zero-order chi connectivity index (χ0) is 22.2. The number of hydrogen-bond acceptors (Lipinski definition) is 5. The topological polar surface area (TPSA) is 81.9 Å². The fourth-order valence-electron chi connectivity index (χ4n) is 2.21. The maximum Gasteiger partial charge on any atom is 0.417 e. The van der Waals surface area contributed by atoms with Gasteiger partial charge in [-0.05, 0) is 13.0 Å². The van der Waals surface area contributed by atoms with Gasteiger partial charge < -0.3 is 0 Å². The molecule has 2 aromatic rings. The minimum atomic E-state index is -4.87. The van der Waals surface area contributed by atoms with Crippen LogP contribution in [-0.4, -0.2) is 40.8 Å². The standard InChI is InChI=1S/C16H15F6N3O3S/c1-3-29(27,28)12-4-10(16(20,21)22)6-23-14(12)11-5-13(26)25(8-24-11)7-15(18,19)9(2)17/h4-6,8-9H,3,7H2,1-2H3. The van der Waals surface area contributed by atoms with Crippen molar-refractivity contribution in [2.45, 2.75) is 43.6 Å². The highest BCUT2D eigenvalue weighted by molar-refractivity contribution is 7.91. The van der Waals surface area contributed by atoms with Crippen LogP contribution in [0.4, 0.5) is 26.3 Å². The highest BCUT2D eigenvalue weighted by Crippen LogP contribution is 2.33. The minimum Gasteiger partial charge on any atom is -0.293 e. The van der Waals surface area contributed by atoms with Gasteiger partial charge in [-0.1, -0.05) is 6.92 Å². The van der Waals surface area contributed by atoms with Crippen molar-refractivity contribution in [3.8, 4) is 11.4 Å². The van der Waals surface area contributed by atoms with Crippen molar-refractivity contribution in [1.29, 1.82) is 0 Å². The summed E-state index contributed by atoms with van der Waals surface area (Å²) in [6.45, 7) is 0.489. The van der Waals surface area contributed by atoms with Crippen molar-refractivity contribution in [3.63, 3.8) is 0 Å². The van der Waals surface area contributed by atoms with Crippen LogP contribution in [0.2, 0.25) is 0 Å². The monoisotopic (exact) mass is 443 g/mol. The molecule has 6 nitrogen and oxygen atoms in total.